The fraction of sp³-hybridized carbons (Fsp3) is 0.500. The van der Waals surface area contributed by atoms with E-state index in [1.807, 2.05) is 0 Å². The quantitative estimate of drug-likeness (QED) is 0.500. The van der Waals surface area contributed by atoms with Gasteiger partial charge in [-0.25, -0.2) is 13.1 Å². The molecule has 0 saturated carbocycles. The zero-order valence-electron chi connectivity index (χ0n) is 11.6. The minimum absolute atomic E-state index is 0.0233. The molecule has 7 nitrogen and oxygen atoms in total. The summed E-state index contributed by atoms with van der Waals surface area (Å²) in [6.07, 6.45) is 0. The molecule has 1 aromatic carbocycles. The molecule has 0 saturated heterocycles. The van der Waals surface area contributed by atoms with Crippen LogP contribution in [0.2, 0.25) is 0 Å². The minimum Gasteiger partial charge on any atom is -0.497 e. The molecule has 0 aliphatic carbocycles. The van der Waals surface area contributed by atoms with Crippen molar-refractivity contribution in [1.82, 2.24) is 4.72 Å². The number of ether oxygens (including phenoxy) is 3. The maximum Gasteiger partial charge on any atom is 0.242 e. The molecule has 1 rings (SSSR count). The number of hydrogen-bond acceptors (Lipinski definition) is 6. The van der Waals surface area contributed by atoms with E-state index in [4.69, 9.17) is 19.9 Å². The topological polar surface area (TPSA) is 99.9 Å². The fourth-order valence-corrected chi connectivity index (χ4v) is 2.59. The molecular weight excluding hydrogens is 284 g/mol. The molecule has 3 N–H and O–H groups in total. The lowest BCUT2D eigenvalue weighted by Gasteiger charge is -2.10. The van der Waals surface area contributed by atoms with Gasteiger partial charge in [-0.3, -0.25) is 0 Å². The first-order valence-electron chi connectivity index (χ1n) is 6.01. The van der Waals surface area contributed by atoms with Crippen LogP contribution in [-0.2, 0) is 19.5 Å². The van der Waals surface area contributed by atoms with Crippen molar-refractivity contribution in [2.75, 3.05) is 46.3 Å². The summed E-state index contributed by atoms with van der Waals surface area (Å²) in [5, 5.41) is 0. The second-order valence-electron chi connectivity index (χ2n) is 3.91. The van der Waals surface area contributed by atoms with Gasteiger partial charge in [0.25, 0.3) is 0 Å². The number of nitrogens with two attached hydrogens (primary N) is 1. The Kier molecular flexibility index (Phi) is 6.73. The van der Waals surface area contributed by atoms with Gasteiger partial charge in [0.05, 0.1) is 32.6 Å². The minimum atomic E-state index is -3.65. The molecule has 0 atom stereocenters. The Morgan fingerprint density at radius 2 is 1.95 bits per heavy atom. The fourth-order valence-electron chi connectivity index (χ4n) is 1.47. The van der Waals surface area contributed by atoms with E-state index in [2.05, 4.69) is 4.72 Å². The number of rotatable bonds is 9. The van der Waals surface area contributed by atoms with Gasteiger partial charge >= 0.3 is 0 Å². The molecule has 0 heterocycles. The van der Waals surface area contributed by atoms with Crippen molar-refractivity contribution < 1.29 is 22.6 Å². The molecule has 0 aromatic heterocycles. The number of sulfonamides is 1. The highest BCUT2D eigenvalue weighted by molar-refractivity contribution is 7.89. The van der Waals surface area contributed by atoms with Crippen LogP contribution in [0.15, 0.2) is 23.1 Å². The number of anilines is 1. The van der Waals surface area contributed by atoms with E-state index in [0.717, 1.165) is 0 Å². The lowest BCUT2D eigenvalue weighted by Crippen LogP contribution is -2.28. The summed E-state index contributed by atoms with van der Waals surface area (Å²) in [7, 11) is -0.598. The summed E-state index contributed by atoms with van der Waals surface area (Å²) in [4.78, 5) is 0.0233. The van der Waals surface area contributed by atoms with Crippen molar-refractivity contribution in [3.8, 4) is 5.75 Å². The van der Waals surface area contributed by atoms with Gasteiger partial charge < -0.3 is 19.9 Å². The Labute approximate surface area is 119 Å². The van der Waals surface area contributed by atoms with Crippen LogP contribution in [0.5, 0.6) is 5.75 Å². The molecular formula is C12H20N2O5S. The van der Waals surface area contributed by atoms with E-state index >= 15 is 0 Å². The Morgan fingerprint density at radius 1 is 1.20 bits per heavy atom. The molecule has 114 valence electrons. The van der Waals surface area contributed by atoms with E-state index in [-0.39, 0.29) is 23.7 Å². The summed E-state index contributed by atoms with van der Waals surface area (Å²) >= 11 is 0. The summed E-state index contributed by atoms with van der Waals surface area (Å²) < 4.78 is 41.4. The van der Waals surface area contributed by atoms with E-state index in [0.29, 0.717) is 19.0 Å². The average molecular weight is 304 g/mol. The van der Waals surface area contributed by atoms with Crippen LogP contribution in [0, 0.1) is 0 Å². The standard InChI is InChI=1S/C12H20N2O5S/c1-17-7-8-19-6-5-14-20(15,16)12-4-3-10(18-2)9-11(12)13/h3-4,9,14H,5-8,13H2,1-2H3. The van der Waals surface area contributed by atoms with Crippen LogP contribution < -0.4 is 15.2 Å². The summed E-state index contributed by atoms with van der Waals surface area (Å²) in [6.45, 7) is 1.32. The number of benzene rings is 1. The van der Waals surface area contributed by atoms with E-state index in [9.17, 15) is 8.42 Å². The number of nitrogen functional groups attached to an aromatic ring is 1. The summed E-state index contributed by atoms with van der Waals surface area (Å²) in [6, 6.07) is 4.41. The van der Waals surface area contributed by atoms with Gasteiger partial charge in [0.2, 0.25) is 10.0 Å². The van der Waals surface area contributed by atoms with E-state index < -0.39 is 10.0 Å². The van der Waals surface area contributed by atoms with Gasteiger partial charge in [-0.15, -0.1) is 0 Å². The smallest absolute Gasteiger partial charge is 0.242 e. The third-order valence-electron chi connectivity index (χ3n) is 2.48. The predicted octanol–water partition coefficient (Wildman–Crippen LogP) is 0.219. The van der Waals surface area contributed by atoms with Gasteiger partial charge in [0.15, 0.2) is 0 Å². The number of methoxy groups -OCH3 is 2. The molecule has 0 fully saturated rings. The lowest BCUT2D eigenvalue weighted by atomic mass is 10.3. The van der Waals surface area contributed by atoms with E-state index in [1.54, 1.807) is 13.2 Å². The Bertz CT molecular complexity index is 519. The highest BCUT2D eigenvalue weighted by atomic mass is 32.2. The molecule has 0 bridgehead atoms. The second kappa shape index (κ2) is 8.05. The third-order valence-corrected chi connectivity index (χ3v) is 4.01. The summed E-state index contributed by atoms with van der Waals surface area (Å²) in [5.41, 5.74) is 5.84. The van der Waals surface area contributed by atoms with Crippen LogP contribution in [0.4, 0.5) is 5.69 Å². The van der Waals surface area contributed by atoms with Crippen molar-refractivity contribution in [2.24, 2.45) is 0 Å². The van der Waals surface area contributed by atoms with Gasteiger partial charge in [-0.2, -0.15) is 0 Å². The second-order valence-corrected chi connectivity index (χ2v) is 5.64. The van der Waals surface area contributed by atoms with Gasteiger partial charge in [0, 0.05) is 19.7 Å². The SMILES string of the molecule is COCCOCCNS(=O)(=O)c1ccc(OC)cc1N. The first kappa shape index (κ1) is 16.7. The number of hydrogen-bond donors (Lipinski definition) is 2. The highest BCUT2D eigenvalue weighted by Crippen LogP contribution is 2.23. The molecule has 8 heteroatoms. The van der Waals surface area contributed by atoms with Crippen LogP contribution in [-0.4, -0.2) is 49.0 Å². The van der Waals surface area contributed by atoms with Crippen LogP contribution in [0.25, 0.3) is 0 Å². The maximum absolute atomic E-state index is 12.0. The van der Waals surface area contributed by atoms with Crippen molar-refractivity contribution in [3.05, 3.63) is 18.2 Å². The predicted molar refractivity (Wildman–Crippen MR) is 75.3 cm³/mol. The molecule has 0 amide bonds. The normalized spacial score (nSPS) is 11.5. The van der Waals surface area contributed by atoms with Gasteiger partial charge in [-0.1, -0.05) is 0 Å². The van der Waals surface area contributed by atoms with Gasteiger partial charge in [-0.05, 0) is 12.1 Å². The Hall–Kier alpha value is -1.35. The van der Waals surface area contributed by atoms with Crippen molar-refractivity contribution in [2.45, 2.75) is 4.90 Å². The Morgan fingerprint density at radius 3 is 2.55 bits per heavy atom. The third kappa shape index (κ3) is 4.97. The molecule has 0 aliphatic heterocycles. The largest absolute Gasteiger partial charge is 0.497 e. The maximum atomic E-state index is 12.0. The van der Waals surface area contributed by atoms with Crippen LogP contribution in [0.3, 0.4) is 0 Å². The Balaban J connectivity index is 2.56. The zero-order valence-corrected chi connectivity index (χ0v) is 12.4. The zero-order chi connectivity index (χ0) is 15.0. The summed E-state index contributed by atoms with van der Waals surface area (Å²) in [5.74, 6) is 0.504. The van der Waals surface area contributed by atoms with Crippen LogP contribution in [0.1, 0.15) is 0 Å². The van der Waals surface area contributed by atoms with Crippen LogP contribution >= 0.6 is 0 Å². The molecule has 1 aromatic rings. The molecule has 0 aliphatic rings. The van der Waals surface area contributed by atoms with Gasteiger partial charge in [0.1, 0.15) is 10.6 Å². The first-order chi connectivity index (χ1) is 9.51. The lowest BCUT2D eigenvalue weighted by molar-refractivity contribution is 0.0736. The molecule has 0 unspecified atom stereocenters. The average Bonchev–Trinajstić information content (AvgIpc) is 2.42. The first-order valence-corrected chi connectivity index (χ1v) is 7.49. The molecule has 0 radical (unpaired) electrons. The van der Waals surface area contributed by atoms with E-state index in [1.165, 1.54) is 19.2 Å². The molecule has 20 heavy (non-hydrogen) atoms. The highest BCUT2D eigenvalue weighted by Gasteiger charge is 2.17. The number of nitrogens with one attached hydrogen (secondary N) is 1. The molecule has 0 spiro atoms. The van der Waals surface area contributed by atoms with Crippen molar-refractivity contribution in [1.29, 1.82) is 0 Å². The monoisotopic (exact) mass is 304 g/mol. The van der Waals surface area contributed by atoms with Crippen molar-refractivity contribution in [3.63, 3.8) is 0 Å². The van der Waals surface area contributed by atoms with Crippen molar-refractivity contribution >= 4 is 15.7 Å².